The minimum absolute atomic E-state index is 0.0791. The van der Waals surface area contributed by atoms with Gasteiger partial charge in [-0.05, 0) is 24.1 Å². The molecule has 0 unspecified atom stereocenters. The summed E-state index contributed by atoms with van der Waals surface area (Å²) in [6.45, 7) is -0.362. The van der Waals surface area contributed by atoms with Gasteiger partial charge in [0.1, 0.15) is 0 Å². The molecule has 0 atom stereocenters. The summed E-state index contributed by atoms with van der Waals surface area (Å²) in [5, 5.41) is 0. The maximum Gasteiger partial charge on any atom is 0.232 e. The zero-order chi connectivity index (χ0) is 12.0. The van der Waals surface area contributed by atoms with E-state index < -0.39 is 15.9 Å². The van der Waals surface area contributed by atoms with Crippen LogP contribution in [0, 0.1) is 0 Å². The van der Waals surface area contributed by atoms with Gasteiger partial charge in [-0.1, -0.05) is 0 Å². The first kappa shape index (κ1) is 12.6. The molecule has 0 saturated heterocycles. The number of nitrogens with two attached hydrogens (primary N) is 1. The smallest absolute Gasteiger partial charge is 0.232 e. The Labute approximate surface area is 93.9 Å². The molecule has 88 valence electrons. The standard InChI is InChI=1S/C9H13N3O3S/c10-9(13)7-12-16(14,15)6-3-8-1-4-11-5-2-8/h1-2,4-5,12H,3,6-7H2,(H2,10,13). The summed E-state index contributed by atoms with van der Waals surface area (Å²) >= 11 is 0. The Hall–Kier alpha value is -1.47. The highest BCUT2D eigenvalue weighted by atomic mass is 32.2. The third-order valence-electron chi connectivity index (χ3n) is 1.88. The maximum atomic E-state index is 11.4. The molecule has 7 heteroatoms. The van der Waals surface area contributed by atoms with Crippen molar-refractivity contribution < 1.29 is 13.2 Å². The molecule has 0 radical (unpaired) electrons. The SMILES string of the molecule is NC(=O)CNS(=O)(=O)CCc1ccncc1. The summed E-state index contributed by atoms with van der Waals surface area (Å²) in [7, 11) is -3.45. The quantitative estimate of drug-likeness (QED) is 0.671. The lowest BCUT2D eigenvalue weighted by molar-refractivity contribution is -0.116. The normalized spacial score (nSPS) is 11.2. The number of carbonyl (C=O) groups excluding carboxylic acids is 1. The molecule has 0 saturated carbocycles. The van der Waals surface area contributed by atoms with Crippen molar-refractivity contribution in [3.05, 3.63) is 30.1 Å². The van der Waals surface area contributed by atoms with Gasteiger partial charge in [-0.2, -0.15) is 0 Å². The fraction of sp³-hybridized carbons (Fsp3) is 0.333. The Morgan fingerprint density at radius 2 is 2.00 bits per heavy atom. The number of carbonyl (C=O) groups is 1. The predicted octanol–water partition coefficient (Wildman–Crippen LogP) is -0.971. The summed E-state index contributed by atoms with van der Waals surface area (Å²) in [5.41, 5.74) is 5.71. The molecule has 0 aliphatic carbocycles. The maximum absolute atomic E-state index is 11.4. The van der Waals surface area contributed by atoms with Gasteiger partial charge in [0.05, 0.1) is 12.3 Å². The van der Waals surface area contributed by atoms with Crippen molar-refractivity contribution >= 4 is 15.9 Å². The van der Waals surface area contributed by atoms with E-state index in [1.54, 1.807) is 24.5 Å². The molecule has 1 heterocycles. The Balaban J connectivity index is 2.45. The van der Waals surface area contributed by atoms with Crippen molar-refractivity contribution in [2.45, 2.75) is 6.42 Å². The van der Waals surface area contributed by atoms with Crippen LogP contribution >= 0.6 is 0 Å². The summed E-state index contributed by atoms with van der Waals surface area (Å²) in [6, 6.07) is 3.48. The molecule has 3 N–H and O–H groups in total. The molecule has 6 nitrogen and oxygen atoms in total. The van der Waals surface area contributed by atoms with Gasteiger partial charge in [0.25, 0.3) is 0 Å². The van der Waals surface area contributed by atoms with Crippen LogP contribution in [0.5, 0.6) is 0 Å². The number of aromatic nitrogens is 1. The van der Waals surface area contributed by atoms with Gasteiger partial charge in [0, 0.05) is 12.4 Å². The monoisotopic (exact) mass is 243 g/mol. The summed E-state index contributed by atoms with van der Waals surface area (Å²) in [4.78, 5) is 14.2. The van der Waals surface area contributed by atoms with Crippen molar-refractivity contribution in [2.24, 2.45) is 5.73 Å². The van der Waals surface area contributed by atoms with E-state index in [0.29, 0.717) is 6.42 Å². The molecular formula is C9H13N3O3S. The number of pyridine rings is 1. The number of sulfonamides is 1. The molecule has 1 rings (SSSR count). The zero-order valence-corrected chi connectivity index (χ0v) is 9.40. The van der Waals surface area contributed by atoms with Crippen LogP contribution in [0.3, 0.4) is 0 Å². The number of hydrogen-bond acceptors (Lipinski definition) is 4. The fourth-order valence-corrected chi connectivity index (χ4v) is 2.07. The Morgan fingerprint density at radius 3 is 2.56 bits per heavy atom. The highest BCUT2D eigenvalue weighted by Crippen LogP contribution is 1.99. The van der Waals surface area contributed by atoms with Gasteiger partial charge in [0.15, 0.2) is 0 Å². The second kappa shape index (κ2) is 5.57. The molecule has 0 spiro atoms. The third-order valence-corrected chi connectivity index (χ3v) is 3.20. The average molecular weight is 243 g/mol. The van der Waals surface area contributed by atoms with Crippen molar-refractivity contribution in [1.82, 2.24) is 9.71 Å². The molecule has 0 aliphatic rings. The summed E-state index contributed by atoms with van der Waals surface area (Å²) in [6.07, 6.45) is 3.56. The lowest BCUT2D eigenvalue weighted by Gasteiger charge is -2.04. The van der Waals surface area contributed by atoms with Crippen LogP contribution in [0.1, 0.15) is 5.56 Å². The molecule has 0 fully saturated rings. The molecule has 0 aliphatic heterocycles. The van der Waals surface area contributed by atoms with E-state index in [2.05, 4.69) is 9.71 Å². The van der Waals surface area contributed by atoms with Crippen LogP contribution in [-0.4, -0.2) is 31.6 Å². The van der Waals surface area contributed by atoms with E-state index in [-0.39, 0.29) is 12.3 Å². The number of nitrogens with one attached hydrogen (secondary N) is 1. The lowest BCUT2D eigenvalue weighted by atomic mass is 10.2. The van der Waals surface area contributed by atoms with E-state index >= 15 is 0 Å². The zero-order valence-electron chi connectivity index (χ0n) is 8.59. The predicted molar refractivity (Wildman–Crippen MR) is 58.9 cm³/mol. The van der Waals surface area contributed by atoms with Gasteiger partial charge in [-0.25, -0.2) is 13.1 Å². The van der Waals surface area contributed by atoms with Crippen LogP contribution in [0.15, 0.2) is 24.5 Å². The van der Waals surface area contributed by atoms with Gasteiger partial charge in [-0.15, -0.1) is 0 Å². The topological polar surface area (TPSA) is 102 Å². The first-order chi connectivity index (χ1) is 7.49. The van der Waals surface area contributed by atoms with Crippen LogP contribution in [0.2, 0.25) is 0 Å². The van der Waals surface area contributed by atoms with Crippen LogP contribution < -0.4 is 10.5 Å². The van der Waals surface area contributed by atoms with Gasteiger partial charge >= 0.3 is 0 Å². The molecule has 0 aromatic carbocycles. The van der Waals surface area contributed by atoms with Gasteiger partial charge < -0.3 is 5.73 Å². The Morgan fingerprint density at radius 1 is 1.38 bits per heavy atom. The third kappa shape index (κ3) is 4.85. The second-order valence-corrected chi connectivity index (χ2v) is 5.14. The molecule has 1 amide bonds. The van der Waals surface area contributed by atoms with Crippen molar-refractivity contribution in [1.29, 1.82) is 0 Å². The molecule has 0 bridgehead atoms. The molecular weight excluding hydrogens is 230 g/mol. The van der Waals surface area contributed by atoms with Crippen LogP contribution in [0.4, 0.5) is 0 Å². The second-order valence-electron chi connectivity index (χ2n) is 3.21. The highest BCUT2D eigenvalue weighted by molar-refractivity contribution is 7.89. The van der Waals surface area contributed by atoms with Crippen molar-refractivity contribution in [2.75, 3.05) is 12.3 Å². The van der Waals surface area contributed by atoms with Crippen LogP contribution in [0.25, 0.3) is 0 Å². The number of primary amides is 1. The van der Waals surface area contributed by atoms with Crippen molar-refractivity contribution in [3.8, 4) is 0 Å². The number of aryl methyl sites for hydroxylation is 1. The Bertz CT molecular complexity index is 444. The van der Waals surface area contributed by atoms with Gasteiger partial charge in [0.2, 0.25) is 15.9 Å². The summed E-state index contributed by atoms with van der Waals surface area (Å²) < 4.78 is 24.9. The van der Waals surface area contributed by atoms with Crippen LogP contribution in [-0.2, 0) is 21.2 Å². The minimum Gasteiger partial charge on any atom is -0.369 e. The molecule has 1 aromatic heterocycles. The highest BCUT2D eigenvalue weighted by Gasteiger charge is 2.10. The first-order valence-corrected chi connectivity index (χ1v) is 6.29. The van der Waals surface area contributed by atoms with Crippen molar-refractivity contribution in [3.63, 3.8) is 0 Å². The first-order valence-electron chi connectivity index (χ1n) is 4.64. The van der Waals surface area contributed by atoms with E-state index in [1.807, 2.05) is 0 Å². The number of hydrogen-bond donors (Lipinski definition) is 2. The minimum atomic E-state index is -3.45. The lowest BCUT2D eigenvalue weighted by Crippen LogP contribution is -2.35. The Kier molecular flexibility index (Phi) is 4.39. The number of rotatable bonds is 6. The van der Waals surface area contributed by atoms with E-state index in [0.717, 1.165) is 5.56 Å². The number of amides is 1. The molecule has 1 aromatic rings. The summed E-state index contributed by atoms with van der Waals surface area (Å²) in [5.74, 6) is -0.780. The number of nitrogens with zero attached hydrogens (tertiary/aromatic N) is 1. The van der Waals surface area contributed by atoms with E-state index in [4.69, 9.17) is 5.73 Å². The van der Waals surface area contributed by atoms with E-state index in [9.17, 15) is 13.2 Å². The van der Waals surface area contributed by atoms with E-state index in [1.165, 1.54) is 0 Å². The largest absolute Gasteiger partial charge is 0.369 e. The average Bonchev–Trinajstić information content (AvgIpc) is 2.26. The molecule has 16 heavy (non-hydrogen) atoms. The fourth-order valence-electron chi connectivity index (χ4n) is 1.05. The van der Waals surface area contributed by atoms with Gasteiger partial charge in [-0.3, -0.25) is 9.78 Å².